The number of unbranched alkanes of at least 4 members (excludes halogenated alkanes) is 1. The summed E-state index contributed by atoms with van der Waals surface area (Å²) >= 11 is 0. The van der Waals surface area contributed by atoms with Crippen molar-refractivity contribution in [1.82, 2.24) is 14.8 Å². The first-order valence-corrected chi connectivity index (χ1v) is 6.92. The molecule has 0 aliphatic rings. The van der Waals surface area contributed by atoms with Crippen LogP contribution in [0.4, 0.5) is 5.82 Å². The normalized spacial score (nSPS) is 11.5. The third-order valence-electron chi connectivity index (χ3n) is 3.69. The zero-order valence-electron chi connectivity index (χ0n) is 11.6. The van der Waals surface area contributed by atoms with E-state index in [0.29, 0.717) is 5.82 Å². The van der Waals surface area contributed by atoms with Crippen molar-refractivity contribution in [3.63, 3.8) is 0 Å². The predicted molar refractivity (Wildman–Crippen MR) is 82.4 cm³/mol. The highest BCUT2D eigenvalue weighted by molar-refractivity contribution is 6.09. The van der Waals surface area contributed by atoms with E-state index >= 15 is 0 Å². The fourth-order valence-electron chi connectivity index (χ4n) is 2.71. The predicted octanol–water partition coefficient (Wildman–Crippen LogP) is 1.99. The molecule has 0 saturated carbocycles. The second-order valence-electron chi connectivity index (χ2n) is 5.05. The van der Waals surface area contributed by atoms with Gasteiger partial charge in [0.05, 0.1) is 5.52 Å². The van der Waals surface area contributed by atoms with Gasteiger partial charge in [0.15, 0.2) is 5.82 Å². The van der Waals surface area contributed by atoms with E-state index < -0.39 is 0 Å². The van der Waals surface area contributed by atoms with Crippen LogP contribution in [0.3, 0.4) is 0 Å². The van der Waals surface area contributed by atoms with Crippen molar-refractivity contribution in [3.8, 4) is 0 Å². The third kappa shape index (κ3) is 2.00. The second kappa shape index (κ2) is 5.09. The molecule has 0 aliphatic carbocycles. The molecule has 0 atom stereocenters. The van der Waals surface area contributed by atoms with Crippen molar-refractivity contribution in [2.75, 3.05) is 12.3 Å². The minimum Gasteiger partial charge on any atom is -0.382 e. The summed E-state index contributed by atoms with van der Waals surface area (Å²) in [6, 6.07) is 8.07. The number of nitrogens with zero attached hydrogens (tertiary/aromatic N) is 3. The lowest BCUT2D eigenvalue weighted by Crippen LogP contribution is -2.02. The van der Waals surface area contributed by atoms with Crippen LogP contribution in [0.1, 0.15) is 18.5 Å². The summed E-state index contributed by atoms with van der Waals surface area (Å²) in [6.07, 6.45) is 3.03. The number of hydrogen-bond acceptors (Lipinski definition) is 4. The maximum Gasteiger partial charge on any atom is 0.152 e. The van der Waals surface area contributed by atoms with Crippen molar-refractivity contribution in [1.29, 1.82) is 0 Å². The summed E-state index contributed by atoms with van der Waals surface area (Å²) in [4.78, 5) is 4.44. The summed E-state index contributed by atoms with van der Waals surface area (Å²) < 4.78 is 1.92. The fraction of sp³-hybridized carbons (Fsp3) is 0.333. The highest BCUT2D eigenvalue weighted by Gasteiger charge is 2.15. The van der Waals surface area contributed by atoms with Gasteiger partial charge in [0, 0.05) is 23.5 Å². The molecule has 0 spiro atoms. The van der Waals surface area contributed by atoms with Gasteiger partial charge in [-0.2, -0.15) is 5.10 Å². The number of hydrogen-bond donors (Lipinski definition) is 2. The van der Waals surface area contributed by atoms with Crippen molar-refractivity contribution in [2.45, 2.75) is 19.3 Å². The molecule has 0 bridgehead atoms. The van der Waals surface area contributed by atoms with Gasteiger partial charge in [0.1, 0.15) is 5.52 Å². The van der Waals surface area contributed by atoms with Crippen LogP contribution >= 0.6 is 0 Å². The van der Waals surface area contributed by atoms with E-state index in [-0.39, 0.29) is 0 Å². The van der Waals surface area contributed by atoms with Gasteiger partial charge in [0.2, 0.25) is 0 Å². The van der Waals surface area contributed by atoms with Crippen LogP contribution in [0.25, 0.3) is 21.8 Å². The van der Waals surface area contributed by atoms with Crippen molar-refractivity contribution >= 4 is 27.6 Å². The highest BCUT2D eigenvalue weighted by Crippen LogP contribution is 2.30. The van der Waals surface area contributed by atoms with Gasteiger partial charge in [-0.05, 0) is 31.9 Å². The number of fused-ring (bicyclic) bond motifs is 3. The number of rotatable bonds is 4. The van der Waals surface area contributed by atoms with Crippen LogP contribution in [-0.2, 0) is 13.5 Å². The number of benzene rings is 1. The molecule has 0 amide bonds. The molecule has 1 aromatic carbocycles. The number of anilines is 1. The van der Waals surface area contributed by atoms with E-state index in [1.807, 2.05) is 29.9 Å². The summed E-state index contributed by atoms with van der Waals surface area (Å²) in [5, 5.41) is 6.79. The van der Waals surface area contributed by atoms with E-state index in [0.717, 1.165) is 47.6 Å². The fourth-order valence-corrected chi connectivity index (χ4v) is 2.71. The Morgan fingerprint density at radius 1 is 1.20 bits per heavy atom. The molecule has 0 saturated heterocycles. The van der Waals surface area contributed by atoms with E-state index in [4.69, 9.17) is 11.5 Å². The Morgan fingerprint density at radius 3 is 2.80 bits per heavy atom. The molecule has 0 fully saturated rings. The lowest BCUT2D eigenvalue weighted by molar-refractivity contribution is 0.670. The molecule has 0 aliphatic heterocycles. The third-order valence-corrected chi connectivity index (χ3v) is 3.69. The highest BCUT2D eigenvalue weighted by atomic mass is 15.3. The number of para-hydroxylation sites is 1. The smallest absolute Gasteiger partial charge is 0.152 e. The zero-order valence-corrected chi connectivity index (χ0v) is 11.6. The van der Waals surface area contributed by atoms with E-state index in [1.165, 1.54) is 5.69 Å². The zero-order chi connectivity index (χ0) is 14.1. The van der Waals surface area contributed by atoms with Gasteiger partial charge < -0.3 is 11.5 Å². The van der Waals surface area contributed by atoms with Gasteiger partial charge in [0.25, 0.3) is 0 Å². The largest absolute Gasteiger partial charge is 0.382 e. The second-order valence-corrected chi connectivity index (χ2v) is 5.05. The number of nitrogens with two attached hydrogens (primary N) is 2. The number of aromatic nitrogens is 3. The van der Waals surface area contributed by atoms with Crippen molar-refractivity contribution < 1.29 is 0 Å². The maximum absolute atomic E-state index is 6.05. The molecule has 2 aromatic heterocycles. The lowest BCUT2D eigenvalue weighted by atomic mass is 10.1. The lowest BCUT2D eigenvalue weighted by Gasteiger charge is -2.05. The molecule has 2 heterocycles. The Balaban J connectivity index is 2.25. The Bertz CT molecular complexity index is 760. The van der Waals surface area contributed by atoms with Gasteiger partial charge in [-0.25, -0.2) is 4.98 Å². The first-order chi connectivity index (χ1) is 9.72. The quantitative estimate of drug-likeness (QED) is 0.709. The molecule has 104 valence electrons. The minimum atomic E-state index is 0.499. The van der Waals surface area contributed by atoms with Crippen LogP contribution in [-0.4, -0.2) is 21.3 Å². The number of pyridine rings is 1. The molecule has 3 rings (SSSR count). The summed E-state index contributed by atoms with van der Waals surface area (Å²) in [5.41, 5.74) is 14.6. The number of aryl methyl sites for hydroxylation is 2. The SMILES string of the molecule is Cn1nc2c(N)nc3ccccc3c2c1CCCCN. The van der Waals surface area contributed by atoms with Gasteiger partial charge in [-0.15, -0.1) is 0 Å². The van der Waals surface area contributed by atoms with E-state index in [1.54, 1.807) is 0 Å². The molecule has 0 radical (unpaired) electrons. The standard InChI is InChI=1S/C15H19N5/c1-20-12(8-4-5-9-16)13-10-6-2-3-7-11(10)18-15(17)14(13)19-20/h2-3,6-7H,4-5,8-9,16H2,1H3,(H2,17,18). The Labute approximate surface area is 117 Å². The molecular weight excluding hydrogens is 250 g/mol. The Morgan fingerprint density at radius 2 is 2.00 bits per heavy atom. The van der Waals surface area contributed by atoms with Gasteiger partial charge in [-0.3, -0.25) is 4.68 Å². The van der Waals surface area contributed by atoms with Crippen LogP contribution in [0.5, 0.6) is 0 Å². The molecule has 5 nitrogen and oxygen atoms in total. The molecule has 4 N–H and O–H groups in total. The first-order valence-electron chi connectivity index (χ1n) is 6.92. The Hall–Kier alpha value is -2.14. The average molecular weight is 269 g/mol. The molecule has 0 unspecified atom stereocenters. The average Bonchev–Trinajstić information content (AvgIpc) is 2.78. The molecular formula is C15H19N5. The van der Waals surface area contributed by atoms with E-state index in [9.17, 15) is 0 Å². The van der Waals surface area contributed by atoms with Crippen molar-refractivity contribution in [3.05, 3.63) is 30.0 Å². The Kier molecular flexibility index (Phi) is 3.28. The first kappa shape index (κ1) is 12.9. The summed E-state index contributed by atoms with van der Waals surface area (Å²) in [7, 11) is 1.96. The number of nitrogen functional groups attached to an aromatic ring is 1. The maximum atomic E-state index is 6.05. The topological polar surface area (TPSA) is 82.8 Å². The molecule has 20 heavy (non-hydrogen) atoms. The van der Waals surface area contributed by atoms with Crippen molar-refractivity contribution in [2.24, 2.45) is 12.8 Å². The van der Waals surface area contributed by atoms with Crippen LogP contribution in [0.2, 0.25) is 0 Å². The van der Waals surface area contributed by atoms with Gasteiger partial charge >= 0.3 is 0 Å². The minimum absolute atomic E-state index is 0.499. The van der Waals surface area contributed by atoms with E-state index in [2.05, 4.69) is 16.1 Å². The molecule has 3 aromatic rings. The monoisotopic (exact) mass is 269 g/mol. The van der Waals surface area contributed by atoms with Crippen LogP contribution < -0.4 is 11.5 Å². The summed E-state index contributed by atoms with van der Waals surface area (Å²) in [6.45, 7) is 0.722. The van der Waals surface area contributed by atoms with Crippen LogP contribution in [0.15, 0.2) is 24.3 Å². The van der Waals surface area contributed by atoms with Gasteiger partial charge in [-0.1, -0.05) is 18.2 Å². The summed E-state index contributed by atoms with van der Waals surface area (Å²) in [5.74, 6) is 0.499. The molecule has 5 heteroatoms. The van der Waals surface area contributed by atoms with Crippen LogP contribution in [0, 0.1) is 0 Å².